The molecule has 0 aromatic heterocycles. The minimum atomic E-state index is -1.16. The number of ether oxygens (including phenoxy) is 4. The lowest BCUT2D eigenvalue weighted by Crippen LogP contribution is -2.47. The summed E-state index contributed by atoms with van der Waals surface area (Å²) >= 11 is 0. The fourth-order valence-electron chi connectivity index (χ4n) is 5.17. The first kappa shape index (κ1) is 21.9. The van der Waals surface area contributed by atoms with Crippen LogP contribution in [0, 0.1) is 5.41 Å². The Kier molecular flexibility index (Phi) is 6.19. The number of carbonyl (C=O) groups is 4. The molecule has 9 nitrogen and oxygen atoms in total. The Morgan fingerprint density at radius 2 is 1.67 bits per heavy atom. The van der Waals surface area contributed by atoms with Crippen molar-refractivity contribution in [1.29, 1.82) is 0 Å². The normalized spacial score (nSPS) is 26.1. The zero-order valence-corrected chi connectivity index (χ0v) is 17.7. The Labute approximate surface area is 175 Å². The van der Waals surface area contributed by atoms with Gasteiger partial charge in [0.25, 0.3) is 0 Å². The summed E-state index contributed by atoms with van der Waals surface area (Å²) in [6, 6.07) is -0.263. The third kappa shape index (κ3) is 3.26. The van der Waals surface area contributed by atoms with Crippen molar-refractivity contribution in [3.8, 4) is 0 Å². The van der Waals surface area contributed by atoms with Crippen LogP contribution in [0.5, 0.6) is 0 Å². The first-order chi connectivity index (χ1) is 14.3. The minimum absolute atomic E-state index is 0.131. The van der Waals surface area contributed by atoms with Crippen molar-refractivity contribution in [2.75, 3.05) is 35.0 Å². The number of allylic oxidation sites excluding steroid dienone is 1. The smallest absolute Gasteiger partial charge is 0.334 e. The maximum Gasteiger partial charge on any atom is 0.334 e. The number of methoxy groups -OCH3 is 4. The molecule has 2 atom stereocenters. The predicted octanol–water partition coefficient (Wildman–Crippen LogP) is 1.27. The summed E-state index contributed by atoms with van der Waals surface area (Å²) in [5.74, 6) is -2.14. The molecule has 2 aliphatic heterocycles. The molecule has 0 radical (unpaired) electrons. The number of rotatable bonds is 6. The molecule has 3 aliphatic rings. The summed E-state index contributed by atoms with van der Waals surface area (Å²) in [7, 11) is 5.11. The number of hydrogen-bond acceptors (Lipinski definition) is 9. The first-order valence-corrected chi connectivity index (χ1v) is 9.88. The highest BCUT2D eigenvalue weighted by atomic mass is 16.5. The van der Waals surface area contributed by atoms with Gasteiger partial charge in [0, 0.05) is 18.3 Å². The van der Waals surface area contributed by atoms with Crippen LogP contribution in [0.25, 0.3) is 0 Å². The van der Waals surface area contributed by atoms with E-state index in [-0.39, 0.29) is 24.5 Å². The molecule has 2 unspecified atom stereocenters. The summed E-state index contributed by atoms with van der Waals surface area (Å²) in [5, 5.41) is 0. The van der Waals surface area contributed by atoms with Crippen LogP contribution in [0.3, 0.4) is 0 Å². The Morgan fingerprint density at radius 3 is 2.27 bits per heavy atom. The highest BCUT2D eigenvalue weighted by Gasteiger charge is 2.62. The maximum absolute atomic E-state index is 13.1. The second-order valence-corrected chi connectivity index (χ2v) is 7.60. The van der Waals surface area contributed by atoms with Crippen LogP contribution in [-0.4, -0.2) is 69.8 Å². The van der Waals surface area contributed by atoms with Crippen LogP contribution < -0.4 is 0 Å². The lowest BCUT2D eigenvalue weighted by atomic mass is 9.71. The molecule has 1 saturated heterocycles. The Bertz CT molecular complexity index is 842. The van der Waals surface area contributed by atoms with Gasteiger partial charge in [0.05, 0.1) is 46.9 Å². The number of fused-ring (bicyclic) bond motifs is 2. The number of esters is 4. The van der Waals surface area contributed by atoms with Crippen LogP contribution in [0.1, 0.15) is 38.5 Å². The van der Waals surface area contributed by atoms with Crippen LogP contribution in [0.15, 0.2) is 22.4 Å². The van der Waals surface area contributed by atoms with Gasteiger partial charge in [-0.25, -0.2) is 4.79 Å². The summed E-state index contributed by atoms with van der Waals surface area (Å²) in [5.41, 5.74) is 1.26. The van der Waals surface area contributed by atoms with Crippen molar-refractivity contribution >= 4 is 23.9 Å². The van der Waals surface area contributed by atoms with Gasteiger partial charge in [-0.05, 0) is 36.8 Å². The third-order valence-electron chi connectivity index (χ3n) is 6.39. The molecular weight excluding hydrogens is 394 g/mol. The standard InChI is InChI=1S/C21H27NO8/c1-27-16(23)10-13(19(25)29-3)12-7-8-14-18(12)22-9-5-6-15(22)21(14,20(26)30-4)11-17(24)28-2/h15H,5-11H2,1-4H3/b13-12-. The summed E-state index contributed by atoms with van der Waals surface area (Å²) in [6.45, 7) is 0.680. The summed E-state index contributed by atoms with van der Waals surface area (Å²) in [6.07, 6.45) is 2.11. The van der Waals surface area contributed by atoms with Gasteiger partial charge in [-0.1, -0.05) is 0 Å². The number of hydrogen-bond donors (Lipinski definition) is 0. The molecule has 2 heterocycles. The van der Waals surface area contributed by atoms with Gasteiger partial charge in [0.2, 0.25) is 0 Å². The minimum Gasteiger partial charge on any atom is -0.469 e. The second kappa shape index (κ2) is 8.49. The fourth-order valence-corrected chi connectivity index (χ4v) is 5.17. The molecule has 0 amide bonds. The van der Waals surface area contributed by atoms with E-state index < -0.39 is 29.3 Å². The van der Waals surface area contributed by atoms with Crippen LogP contribution in [0.4, 0.5) is 0 Å². The van der Waals surface area contributed by atoms with E-state index in [1.165, 1.54) is 28.4 Å². The Balaban J connectivity index is 2.20. The quantitative estimate of drug-likeness (QED) is 0.356. The van der Waals surface area contributed by atoms with E-state index in [9.17, 15) is 19.2 Å². The van der Waals surface area contributed by atoms with E-state index in [4.69, 9.17) is 18.9 Å². The average Bonchev–Trinajstić information content (AvgIpc) is 3.45. The van der Waals surface area contributed by atoms with Crippen molar-refractivity contribution < 1.29 is 38.1 Å². The van der Waals surface area contributed by atoms with E-state index >= 15 is 0 Å². The van der Waals surface area contributed by atoms with Crippen molar-refractivity contribution in [2.45, 2.75) is 44.6 Å². The van der Waals surface area contributed by atoms with Crippen LogP contribution >= 0.6 is 0 Å². The molecule has 30 heavy (non-hydrogen) atoms. The summed E-state index contributed by atoms with van der Waals surface area (Å²) < 4.78 is 19.7. The molecule has 0 aromatic rings. The molecule has 3 rings (SSSR count). The first-order valence-electron chi connectivity index (χ1n) is 9.88. The molecule has 0 N–H and O–H groups in total. The van der Waals surface area contributed by atoms with Gasteiger partial charge in [-0.3, -0.25) is 14.4 Å². The molecule has 1 aliphatic carbocycles. The van der Waals surface area contributed by atoms with Crippen LogP contribution in [-0.2, 0) is 38.1 Å². The highest BCUT2D eigenvalue weighted by Crippen LogP contribution is 2.59. The zero-order chi connectivity index (χ0) is 22.1. The van der Waals surface area contributed by atoms with Gasteiger partial charge in [0.15, 0.2) is 0 Å². The Hall–Kier alpha value is -2.84. The molecular formula is C21H27NO8. The van der Waals surface area contributed by atoms with E-state index in [2.05, 4.69) is 4.90 Å². The van der Waals surface area contributed by atoms with Gasteiger partial charge in [-0.2, -0.15) is 0 Å². The maximum atomic E-state index is 13.1. The monoisotopic (exact) mass is 421 g/mol. The lowest BCUT2D eigenvalue weighted by Gasteiger charge is -2.35. The largest absolute Gasteiger partial charge is 0.469 e. The lowest BCUT2D eigenvalue weighted by molar-refractivity contribution is -0.159. The van der Waals surface area contributed by atoms with Crippen LogP contribution in [0.2, 0.25) is 0 Å². The molecule has 1 fully saturated rings. The molecule has 0 aromatic carbocycles. The van der Waals surface area contributed by atoms with E-state index in [0.717, 1.165) is 17.7 Å². The van der Waals surface area contributed by atoms with Gasteiger partial charge in [0.1, 0.15) is 5.41 Å². The SMILES string of the molecule is COC(=O)C/C(C(=O)OC)=C1\CCC2=C1N1CCCC1C2(CC(=O)OC)C(=O)OC. The van der Waals surface area contributed by atoms with Gasteiger partial charge >= 0.3 is 23.9 Å². The third-order valence-corrected chi connectivity index (χ3v) is 6.39. The molecule has 164 valence electrons. The van der Waals surface area contributed by atoms with E-state index in [1.807, 2.05) is 0 Å². The van der Waals surface area contributed by atoms with E-state index in [1.54, 1.807) is 0 Å². The fraction of sp³-hybridized carbons (Fsp3) is 0.619. The zero-order valence-electron chi connectivity index (χ0n) is 17.7. The molecule has 0 saturated carbocycles. The second-order valence-electron chi connectivity index (χ2n) is 7.60. The van der Waals surface area contributed by atoms with Crippen molar-refractivity contribution in [3.05, 3.63) is 22.4 Å². The number of nitrogens with zero attached hydrogens (tertiary/aromatic N) is 1. The molecule has 0 bridgehead atoms. The topological polar surface area (TPSA) is 108 Å². The van der Waals surface area contributed by atoms with Crippen molar-refractivity contribution in [1.82, 2.24) is 4.90 Å². The van der Waals surface area contributed by atoms with E-state index in [0.29, 0.717) is 31.4 Å². The van der Waals surface area contributed by atoms with Gasteiger partial charge in [-0.15, -0.1) is 0 Å². The summed E-state index contributed by atoms with van der Waals surface area (Å²) in [4.78, 5) is 51.9. The molecule has 0 spiro atoms. The van der Waals surface area contributed by atoms with Crippen molar-refractivity contribution in [2.24, 2.45) is 5.41 Å². The molecule has 9 heteroatoms. The highest BCUT2D eigenvalue weighted by molar-refractivity contribution is 5.96. The average molecular weight is 421 g/mol. The van der Waals surface area contributed by atoms with Gasteiger partial charge < -0.3 is 23.8 Å². The Morgan fingerprint density at radius 1 is 0.967 bits per heavy atom. The number of carbonyl (C=O) groups excluding carboxylic acids is 4. The predicted molar refractivity (Wildman–Crippen MR) is 103 cm³/mol. The van der Waals surface area contributed by atoms with Crippen molar-refractivity contribution in [3.63, 3.8) is 0 Å².